The van der Waals surface area contributed by atoms with Crippen LogP contribution in [0.15, 0.2) is 47.1 Å². The molecule has 25 heavy (non-hydrogen) atoms. The van der Waals surface area contributed by atoms with Gasteiger partial charge in [-0.05, 0) is 50.1 Å². The second-order valence-electron chi connectivity index (χ2n) is 6.41. The van der Waals surface area contributed by atoms with Crippen LogP contribution in [0.25, 0.3) is 0 Å². The van der Waals surface area contributed by atoms with Gasteiger partial charge in [-0.1, -0.05) is 12.1 Å². The van der Waals surface area contributed by atoms with E-state index in [1.807, 2.05) is 31.2 Å². The van der Waals surface area contributed by atoms with Crippen molar-refractivity contribution in [1.29, 1.82) is 0 Å². The summed E-state index contributed by atoms with van der Waals surface area (Å²) in [7, 11) is 0. The van der Waals surface area contributed by atoms with Gasteiger partial charge < -0.3 is 19.6 Å². The molecule has 1 aliphatic heterocycles. The quantitative estimate of drug-likeness (QED) is 0.805. The highest BCUT2D eigenvalue weighted by atomic mass is 16.6. The molecule has 3 rings (SSSR count). The van der Waals surface area contributed by atoms with Crippen LogP contribution < -0.4 is 10.2 Å². The maximum Gasteiger partial charge on any atom is 0.414 e. The number of hydrogen-bond acceptors (Lipinski definition) is 5. The van der Waals surface area contributed by atoms with Gasteiger partial charge in [0.15, 0.2) is 0 Å². The first-order valence-corrected chi connectivity index (χ1v) is 8.56. The van der Waals surface area contributed by atoms with E-state index in [-0.39, 0.29) is 18.2 Å². The molecule has 2 heterocycles. The molecule has 6 heteroatoms. The van der Waals surface area contributed by atoms with Crippen molar-refractivity contribution in [1.82, 2.24) is 5.32 Å². The van der Waals surface area contributed by atoms with Gasteiger partial charge in [-0.25, -0.2) is 4.79 Å². The van der Waals surface area contributed by atoms with Gasteiger partial charge >= 0.3 is 6.09 Å². The van der Waals surface area contributed by atoms with Crippen LogP contribution in [-0.4, -0.2) is 30.4 Å². The third-order valence-corrected chi connectivity index (χ3v) is 4.45. The summed E-state index contributed by atoms with van der Waals surface area (Å²) in [6.07, 6.45) is 1.22. The van der Waals surface area contributed by atoms with E-state index in [1.54, 1.807) is 23.3 Å². The lowest BCUT2D eigenvalue weighted by Crippen LogP contribution is -2.30. The molecule has 134 valence electrons. The number of nitrogens with one attached hydrogen (secondary N) is 1. The number of benzene rings is 1. The first kappa shape index (κ1) is 17.5. The number of furan rings is 1. The number of carbonyl (C=O) groups is 1. The molecule has 3 atom stereocenters. The summed E-state index contributed by atoms with van der Waals surface area (Å²) in [6.45, 7) is 5.15. The summed E-state index contributed by atoms with van der Waals surface area (Å²) < 4.78 is 10.2. The van der Waals surface area contributed by atoms with Crippen molar-refractivity contribution in [3.8, 4) is 0 Å². The van der Waals surface area contributed by atoms with E-state index in [0.29, 0.717) is 25.3 Å². The number of anilines is 1. The molecule has 1 aromatic carbocycles. The van der Waals surface area contributed by atoms with Gasteiger partial charge in [0.1, 0.15) is 18.5 Å². The molecular weight excluding hydrogens is 320 g/mol. The minimum atomic E-state index is -0.617. The molecule has 3 unspecified atom stereocenters. The molecule has 6 nitrogen and oxygen atoms in total. The Hall–Kier alpha value is -2.31. The maximum absolute atomic E-state index is 11.6. The van der Waals surface area contributed by atoms with E-state index >= 15 is 0 Å². The minimum Gasteiger partial charge on any atom is -0.467 e. The fourth-order valence-corrected chi connectivity index (χ4v) is 3.09. The minimum absolute atomic E-state index is 0.114. The normalized spacial score (nSPS) is 18.0. The van der Waals surface area contributed by atoms with Crippen molar-refractivity contribution in [2.24, 2.45) is 0 Å². The average Bonchev–Trinajstić information content (AvgIpc) is 3.26. The summed E-state index contributed by atoms with van der Waals surface area (Å²) >= 11 is 0. The molecule has 1 aliphatic rings. The van der Waals surface area contributed by atoms with Crippen LogP contribution in [0, 0.1) is 0 Å². The number of nitrogens with zero attached hydrogens (tertiary/aromatic N) is 1. The van der Waals surface area contributed by atoms with Gasteiger partial charge in [0.2, 0.25) is 0 Å². The first-order chi connectivity index (χ1) is 12.0. The molecule has 0 radical (unpaired) electrons. The molecule has 1 aromatic heterocycles. The number of carbonyl (C=O) groups excluding carboxylic acids is 1. The smallest absolute Gasteiger partial charge is 0.414 e. The van der Waals surface area contributed by atoms with Crippen molar-refractivity contribution >= 4 is 11.8 Å². The zero-order chi connectivity index (χ0) is 17.8. The fraction of sp³-hybridized carbons (Fsp3) is 0.421. The van der Waals surface area contributed by atoms with E-state index in [2.05, 4.69) is 12.2 Å². The van der Waals surface area contributed by atoms with Crippen LogP contribution in [0.2, 0.25) is 0 Å². The predicted octanol–water partition coefficient (Wildman–Crippen LogP) is 3.40. The Kier molecular flexibility index (Phi) is 5.40. The Morgan fingerprint density at radius 1 is 1.24 bits per heavy atom. The van der Waals surface area contributed by atoms with Crippen molar-refractivity contribution < 1.29 is 19.1 Å². The third kappa shape index (κ3) is 4.21. The van der Waals surface area contributed by atoms with Crippen LogP contribution in [0.5, 0.6) is 0 Å². The predicted molar refractivity (Wildman–Crippen MR) is 94.4 cm³/mol. The van der Waals surface area contributed by atoms with Gasteiger partial charge in [-0.2, -0.15) is 0 Å². The lowest BCUT2D eigenvalue weighted by atomic mass is 10.0. The van der Waals surface area contributed by atoms with Crippen molar-refractivity contribution in [3.05, 3.63) is 54.0 Å². The number of ether oxygens (including phenoxy) is 1. The van der Waals surface area contributed by atoms with Gasteiger partial charge in [0, 0.05) is 17.8 Å². The van der Waals surface area contributed by atoms with Gasteiger partial charge in [-0.15, -0.1) is 0 Å². The molecule has 2 aromatic rings. The first-order valence-electron chi connectivity index (χ1n) is 8.56. The monoisotopic (exact) mass is 344 g/mol. The molecule has 2 N–H and O–H groups in total. The molecule has 1 amide bonds. The van der Waals surface area contributed by atoms with Crippen LogP contribution in [0.4, 0.5) is 10.5 Å². The molecule has 0 aliphatic carbocycles. The Labute approximate surface area is 147 Å². The van der Waals surface area contributed by atoms with Gasteiger partial charge in [0.05, 0.1) is 12.8 Å². The topological polar surface area (TPSA) is 74.9 Å². The van der Waals surface area contributed by atoms with Crippen LogP contribution in [0.3, 0.4) is 0 Å². The van der Waals surface area contributed by atoms with E-state index in [0.717, 1.165) is 11.3 Å². The molecule has 0 bridgehead atoms. The summed E-state index contributed by atoms with van der Waals surface area (Å²) in [5.74, 6) is 0.586. The molecule has 1 fully saturated rings. The standard InChI is InChI=1S/C19H24N2O4/c1-13(12-17(22)18-4-3-10-24-18)20-14(2)15-5-7-16(8-6-15)21-9-11-25-19(21)23/h3-8,10,13-14,17,20,22H,9,11-12H2,1-2H3. The van der Waals surface area contributed by atoms with E-state index < -0.39 is 6.10 Å². The van der Waals surface area contributed by atoms with Crippen LogP contribution in [0.1, 0.15) is 43.7 Å². The number of rotatable bonds is 7. The SMILES string of the molecule is CC(CC(O)c1ccco1)NC(C)c1ccc(N2CCOC2=O)cc1. The van der Waals surface area contributed by atoms with E-state index in [1.165, 1.54) is 0 Å². The van der Waals surface area contributed by atoms with Crippen LogP contribution in [-0.2, 0) is 4.74 Å². The Morgan fingerprint density at radius 2 is 2.00 bits per heavy atom. The summed E-state index contributed by atoms with van der Waals surface area (Å²) in [5.41, 5.74) is 1.97. The number of hydrogen-bond donors (Lipinski definition) is 2. The molecular formula is C19H24N2O4. The van der Waals surface area contributed by atoms with Crippen LogP contribution >= 0.6 is 0 Å². The number of aliphatic hydroxyl groups excluding tert-OH is 1. The van der Waals surface area contributed by atoms with E-state index in [9.17, 15) is 9.90 Å². The van der Waals surface area contributed by atoms with Crippen molar-refractivity contribution in [2.45, 2.75) is 38.5 Å². The largest absolute Gasteiger partial charge is 0.467 e. The number of cyclic esters (lactones) is 1. The van der Waals surface area contributed by atoms with E-state index in [4.69, 9.17) is 9.15 Å². The average molecular weight is 344 g/mol. The zero-order valence-corrected chi connectivity index (χ0v) is 14.5. The second kappa shape index (κ2) is 7.72. The molecule has 0 saturated carbocycles. The zero-order valence-electron chi connectivity index (χ0n) is 14.5. The Balaban J connectivity index is 1.55. The second-order valence-corrected chi connectivity index (χ2v) is 6.41. The fourth-order valence-electron chi connectivity index (χ4n) is 3.09. The summed E-state index contributed by atoms with van der Waals surface area (Å²) in [6, 6.07) is 11.7. The highest BCUT2D eigenvalue weighted by molar-refractivity contribution is 5.89. The highest BCUT2D eigenvalue weighted by Crippen LogP contribution is 2.23. The lowest BCUT2D eigenvalue weighted by molar-refractivity contribution is 0.127. The molecule has 0 spiro atoms. The molecule has 1 saturated heterocycles. The Morgan fingerprint density at radius 3 is 2.60 bits per heavy atom. The third-order valence-electron chi connectivity index (χ3n) is 4.45. The summed E-state index contributed by atoms with van der Waals surface area (Å²) in [4.78, 5) is 13.2. The van der Waals surface area contributed by atoms with Crippen molar-refractivity contribution in [3.63, 3.8) is 0 Å². The lowest BCUT2D eigenvalue weighted by Gasteiger charge is -2.22. The highest BCUT2D eigenvalue weighted by Gasteiger charge is 2.23. The van der Waals surface area contributed by atoms with Gasteiger partial charge in [0.25, 0.3) is 0 Å². The Bertz CT molecular complexity index is 684. The summed E-state index contributed by atoms with van der Waals surface area (Å²) in [5, 5.41) is 13.6. The van der Waals surface area contributed by atoms with Gasteiger partial charge in [-0.3, -0.25) is 4.90 Å². The maximum atomic E-state index is 11.6. The van der Waals surface area contributed by atoms with Crippen molar-refractivity contribution in [2.75, 3.05) is 18.1 Å². The number of aliphatic hydroxyl groups is 1. The number of amides is 1.